The van der Waals surface area contributed by atoms with Gasteiger partial charge < -0.3 is 9.84 Å². The minimum atomic E-state index is -0.632. The molecule has 23 heavy (non-hydrogen) atoms. The second-order valence-corrected chi connectivity index (χ2v) is 5.87. The summed E-state index contributed by atoms with van der Waals surface area (Å²) in [5.41, 5.74) is 4.77. The maximum absolute atomic E-state index is 12.3. The van der Waals surface area contributed by atoms with Crippen molar-refractivity contribution in [3.8, 4) is 11.3 Å². The first-order valence-electron chi connectivity index (χ1n) is 7.76. The molecule has 0 radical (unpaired) electrons. The molecule has 0 spiro atoms. The van der Waals surface area contributed by atoms with E-state index in [2.05, 4.69) is 9.97 Å². The van der Waals surface area contributed by atoms with E-state index in [1.807, 2.05) is 25.1 Å². The molecule has 0 saturated carbocycles. The molecule has 2 aromatic rings. The number of hydrogen-bond donors (Lipinski definition) is 1. The molecule has 1 unspecified atom stereocenters. The van der Waals surface area contributed by atoms with Crippen LogP contribution in [0.25, 0.3) is 11.3 Å². The zero-order valence-corrected chi connectivity index (χ0v) is 13.6. The van der Waals surface area contributed by atoms with Gasteiger partial charge in [-0.25, -0.2) is 4.79 Å². The van der Waals surface area contributed by atoms with Gasteiger partial charge in [-0.3, -0.25) is 9.97 Å². The molecule has 5 nitrogen and oxygen atoms in total. The number of esters is 1. The highest BCUT2D eigenvalue weighted by Gasteiger charge is 2.30. The van der Waals surface area contributed by atoms with E-state index in [0.717, 1.165) is 29.8 Å². The molecule has 2 aromatic heterocycles. The number of pyridine rings is 2. The number of carbonyl (C=O) groups excluding carboxylic acids is 1. The predicted octanol–water partition coefficient (Wildman–Crippen LogP) is 2.92. The summed E-state index contributed by atoms with van der Waals surface area (Å²) in [5, 5.41) is 10.5. The molecule has 0 saturated heterocycles. The zero-order valence-electron chi connectivity index (χ0n) is 13.6. The van der Waals surface area contributed by atoms with Crippen LogP contribution >= 0.6 is 0 Å². The van der Waals surface area contributed by atoms with Crippen LogP contribution in [0.2, 0.25) is 0 Å². The Kier molecular flexibility index (Phi) is 4.13. The Bertz CT molecular complexity index is 771. The van der Waals surface area contributed by atoms with Crippen LogP contribution in [0.4, 0.5) is 0 Å². The Morgan fingerprint density at radius 2 is 2.09 bits per heavy atom. The van der Waals surface area contributed by atoms with Gasteiger partial charge in [-0.1, -0.05) is 6.07 Å². The lowest BCUT2D eigenvalue weighted by atomic mass is 9.85. The van der Waals surface area contributed by atoms with Crippen molar-refractivity contribution in [1.82, 2.24) is 9.97 Å². The van der Waals surface area contributed by atoms with Crippen LogP contribution in [-0.2, 0) is 11.2 Å². The summed E-state index contributed by atoms with van der Waals surface area (Å²) in [5.74, 6) is -0.450. The monoisotopic (exact) mass is 312 g/mol. The number of aliphatic hydroxyl groups is 1. The lowest BCUT2D eigenvalue weighted by molar-refractivity contribution is 0.0599. The molecule has 1 atom stereocenters. The van der Waals surface area contributed by atoms with Gasteiger partial charge in [0.1, 0.15) is 0 Å². The van der Waals surface area contributed by atoms with E-state index in [4.69, 9.17) is 4.74 Å². The van der Waals surface area contributed by atoms with Gasteiger partial charge in [0.15, 0.2) is 0 Å². The van der Waals surface area contributed by atoms with Crippen LogP contribution in [0.15, 0.2) is 18.2 Å². The largest absolute Gasteiger partial charge is 0.465 e. The van der Waals surface area contributed by atoms with Gasteiger partial charge >= 0.3 is 5.97 Å². The Morgan fingerprint density at radius 1 is 1.30 bits per heavy atom. The molecule has 1 aliphatic rings. The first-order chi connectivity index (χ1) is 11.0. The summed E-state index contributed by atoms with van der Waals surface area (Å²) in [6.07, 6.45) is 1.72. The molecule has 120 valence electrons. The molecule has 0 fully saturated rings. The first-order valence-corrected chi connectivity index (χ1v) is 7.76. The van der Waals surface area contributed by atoms with Gasteiger partial charge in [-0.2, -0.15) is 0 Å². The number of methoxy groups -OCH3 is 1. The van der Waals surface area contributed by atoms with E-state index in [1.54, 1.807) is 6.92 Å². The fourth-order valence-electron chi connectivity index (χ4n) is 3.24. The van der Waals surface area contributed by atoms with Crippen LogP contribution in [0.1, 0.15) is 51.9 Å². The van der Waals surface area contributed by atoms with Crippen LogP contribution in [0.3, 0.4) is 0 Å². The summed E-state index contributed by atoms with van der Waals surface area (Å²) >= 11 is 0. The van der Waals surface area contributed by atoms with Gasteiger partial charge in [0.05, 0.1) is 30.2 Å². The minimum absolute atomic E-state index is 0.394. The maximum atomic E-state index is 12.3. The van der Waals surface area contributed by atoms with Gasteiger partial charge in [0, 0.05) is 22.5 Å². The maximum Gasteiger partial charge on any atom is 0.340 e. The number of carbonyl (C=O) groups is 1. The first kappa shape index (κ1) is 15.6. The lowest BCUT2D eigenvalue weighted by Gasteiger charge is -2.26. The third kappa shape index (κ3) is 2.72. The van der Waals surface area contributed by atoms with Crippen molar-refractivity contribution in [2.75, 3.05) is 7.11 Å². The Labute approximate surface area is 135 Å². The van der Waals surface area contributed by atoms with Crippen molar-refractivity contribution < 1.29 is 14.6 Å². The molecule has 0 aliphatic heterocycles. The van der Waals surface area contributed by atoms with Crippen LogP contribution < -0.4 is 0 Å². The van der Waals surface area contributed by atoms with Gasteiger partial charge in [-0.15, -0.1) is 0 Å². The number of aryl methyl sites for hydroxylation is 3. The quantitative estimate of drug-likeness (QED) is 0.863. The Morgan fingerprint density at radius 3 is 2.78 bits per heavy atom. The number of nitrogens with zero attached hydrogens (tertiary/aromatic N) is 2. The smallest absolute Gasteiger partial charge is 0.340 e. The van der Waals surface area contributed by atoms with E-state index >= 15 is 0 Å². The van der Waals surface area contributed by atoms with Crippen molar-refractivity contribution in [2.24, 2.45) is 0 Å². The molecular weight excluding hydrogens is 292 g/mol. The average molecular weight is 312 g/mol. The highest BCUT2D eigenvalue weighted by Crippen LogP contribution is 2.39. The summed E-state index contributed by atoms with van der Waals surface area (Å²) in [7, 11) is 1.35. The SMILES string of the molecule is COC(=O)c1c(C)nc2c(c1-c1cccc(C)n1)C(O)CCC2. The molecule has 1 N–H and O–H groups in total. The standard InChI is InChI=1S/C18H20N2O3/c1-10-6-4-7-13(19-10)17-15(18(22)23-3)11(2)20-12-8-5-9-14(21)16(12)17/h4,6-7,14,21H,5,8-9H2,1-3H3. The fourth-order valence-corrected chi connectivity index (χ4v) is 3.24. The average Bonchev–Trinajstić information content (AvgIpc) is 2.53. The third-order valence-electron chi connectivity index (χ3n) is 4.25. The van der Waals surface area contributed by atoms with Crippen molar-refractivity contribution in [3.05, 3.63) is 46.4 Å². The van der Waals surface area contributed by atoms with Gasteiger partial charge in [0.25, 0.3) is 0 Å². The second kappa shape index (κ2) is 6.08. The number of aromatic nitrogens is 2. The number of fused-ring (bicyclic) bond motifs is 1. The topological polar surface area (TPSA) is 72.3 Å². The molecule has 2 heterocycles. The second-order valence-electron chi connectivity index (χ2n) is 5.87. The van der Waals surface area contributed by atoms with E-state index in [9.17, 15) is 9.90 Å². The third-order valence-corrected chi connectivity index (χ3v) is 4.25. The van der Waals surface area contributed by atoms with Crippen LogP contribution in [0, 0.1) is 13.8 Å². The van der Waals surface area contributed by atoms with Crippen molar-refractivity contribution in [2.45, 2.75) is 39.2 Å². The Hall–Kier alpha value is -2.27. The van der Waals surface area contributed by atoms with E-state index in [-0.39, 0.29) is 0 Å². The lowest BCUT2D eigenvalue weighted by Crippen LogP contribution is -2.19. The number of hydrogen-bond acceptors (Lipinski definition) is 5. The summed E-state index contributed by atoms with van der Waals surface area (Å²) < 4.78 is 4.95. The number of aliphatic hydroxyl groups excluding tert-OH is 1. The molecule has 0 amide bonds. The molecule has 0 aromatic carbocycles. The van der Waals surface area contributed by atoms with E-state index in [1.165, 1.54) is 7.11 Å². The summed E-state index contributed by atoms with van der Waals surface area (Å²) in [6, 6.07) is 5.66. The fraction of sp³-hybridized carbons (Fsp3) is 0.389. The summed E-state index contributed by atoms with van der Waals surface area (Å²) in [4.78, 5) is 21.4. The highest BCUT2D eigenvalue weighted by atomic mass is 16.5. The van der Waals surface area contributed by atoms with Crippen LogP contribution in [0.5, 0.6) is 0 Å². The van der Waals surface area contributed by atoms with Crippen LogP contribution in [-0.4, -0.2) is 28.2 Å². The molecule has 3 rings (SSSR count). The highest BCUT2D eigenvalue weighted by molar-refractivity contribution is 5.99. The van der Waals surface area contributed by atoms with E-state index < -0.39 is 12.1 Å². The van der Waals surface area contributed by atoms with Crippen molar-refractivity contribution >= 4 is 5.97 Å². The molecular formula is C18H20N2O3. The molecule has 5 heteroatoms. The number of rotatable bonds is 2. The van der Waals surface area contributed by atoms with Crippen molar-refractivity contribution in [3.63, 3.8) is 0 Å². The zero-order chi connectivity index (χ0) is 16.6. The molecule has 1 aliphatic carbocycles. The van der Waals surface area contributed by atoms with Gasteiger partial charge in [0.2, 0.25) is 0 Å². The minimum Gasteiger partial charge on any atom is -0.465 e. The normalized spacial score (nSPS) is 16.8. The van der Waals surface area contributed by atoms with Gasteiger partial charge in [-0.05, 0) is 45.2 Å². The van der Waals surface area contributed by atoms with Crippen molar-refractivity contribution in [1.29, 1.82) is 0 Å². The predicted molar refractivity (Wildman–Crippen MR) is 86.2 cm³/mol. The van der Waals surface area contributed by atoms with E-state index in [0.29, 0.717) is 28.9 Å². The molecule has 0 bridgehead atoms. The Balaban J connectivity index is 2.37. The number of ether oxygens (including phenoxy) is 1. The summed E-state index contributed by atoms with van der Waals surface area (Å²) in [6.45, 7) is 3.70.